The second kappa shape index (κ2) is 5.73. The minimum absolute atomic E-state index is 0.0518. The second-order valence-electron chi connectivity index (χ2n) is 6.15. The van der Waals surface area contributed by atoms with Crippen LogP contribution in [0.15, 0.2) is 0 Å². The average Bonchev–Trinajstić information content (AvgIpc) is 2.38. The van der Waals surface area contributed by atoms with E-state index < -0.39 is 5.92 Å². The molecule has 2 aliphatic rings. The summed E-state index contributed by atoms with van der Waals surface area (Å²) in [4.78, 5) is 14.1. The predicted molar refractivity (Wildman–Crippen MR) is 69.9 cm³/mol. The number of amides is 1. The highest BCUT2D eigenvalue weighted by Crippen LogP contribution is 2.37. The summed E-state index contributed by atoms with van der Waals surface area (Å²) < 4.78 is 26.2. The van der Waals surface area contributed by atoms with Crippen LogP contribution in [0.25, 0.3) is 0 Å². The van der Waals surface area contributed by atoms with Gasteiger partial charge in [-0.15, -0.1) is 0 Å². The van der Waals surface area contributed by atoms with Crippen molar-refractivity contribution in [3.63, 3.8) is 0 Å². The Labute approximate surface area is 113 Å². The number of hydrogen-bond donors (Lipinski definition) is 1. The molecule has 19 heavy (non-hydrogen) atoms. The normalized spacial score (nSPS) is 32.0. The number of halogens is 2. The van der Waals surface area contributed by atoms with Crippen molar-refractivity contribution >= 4 is 5.91 Å². The second-order valence-corrected chi connectivity index (χ2v) is 6.15. The number of nitrogens with two attached hydrogens (primary N) is 1. The topological polar surface area (TPSA) is 46.3 Å². The van der Waals surface area contributed by atoms with E-state index in [9.17, 15) is 13.6 Å². The van der Waals surface area contributed by atoms with Crippen LogP contribution >= 0.6 is 0 Å². The Bertz CT molecular complexity index is 317. The summed E-state index contributed by atoms with van der Waals surface area (Å²) in [6, 6.07) is 0.503. The molecule has 0 atom stereocenters. The van der Waals surface area contributed by atoms with Crippen molar-refractivity contribution in [2.45, 2.75) is 69.4 Å². The molecule has 0 saturated heterocycles. The molecule has 2 N–H and O–H groups in total. The van der Waals surface area contributed by atoms with Crippen LogP contribution in [0.3, 0.4) is 0 Å². The minimum atomic E-state index is -2.56. The van der Waals surface area contributed by atoms with Crippen molar-refractivity contribution in [3.8, 4) is 0 Å². The van der Waals surface area contributed by atoms with Crippen LogP contribution in [-0.4, -0.2) is 35.9 Å². The molecule has 0 aliphatic heterocycles. The van der Waals surface area contributed by atoms with Crippen LogP contribution in [0, 0.1) is 5.92 Å². The third-order valence-electron chi connectivity index (χ3n) is 4.70. The van der Waals surface area contributed by atoms with E-state index in [2.05, 4.69) is 0 Å². The maximum atomic E-state index is 13.1. The van der Waals surface area contributed by atoms with Crippen LogP contribution in [0.4, 0.5) is 8.78 Å². The number of carbonyl (C=O) groups is 1. The first-order valence-corrected chi connectivity index (χ1v) is 7.29. The Hall–Kier alpha value is -0.710. The highest BCUT2D eigenvalue weighted by Gasteiger charge is 2.39. The van der Waals surface area contributed by atoms with E-state index in [1.807, 2.05) is 7.05 Å². The smallest absolute Gasteiger partial charge is 0.248 e. The highest BCUT2D eigenvalue weighted by atomic mass is 19.3. The number of rotatable bonds is 2. The molecule has 0 aromatic rings. The summed E-state index contributed by atoms with van der Waals surface area (Å²) in [6.45, 7) is 0. The quantitative estimate of drug-likeness (QED) is 0.841. The van der Waals surface area contributed by atoms with Crippen molar-refractivity contribution in [1.82, 2.24) is 4.90 Å². The molecule has 5 heteroatoms. The van der Waals surface area contributed by atoms with E-state index in [0.717, 1.165) is 25.7 Å². The third kappa shape index (κ3) is 3.65. The Kier molecular flexibility index (Phi) is 4.43. The third-order valence-corrected chi connectivity index (χ3v) is 4.70. The fraction of sp³-hybridized carbons (Fsp3) is 0.929. The number of nitrogens with zero attached hydrogens (tertiary/aromatic N) is 1. The zero-order chi connectivity index (χ0) is 14.0. The van der Waals surface area contributed by atoms with E-state index in [1.54, 1.807) is 4.90 Å². The SMILES string of the molecule is CN(C(=O)C1CCC(F)(F)CC1)C1CCC(N)CC1. The summed E-state index contributed by atoms with van der Waals surface area (Å²) in [7, 11) is 1.82. The maximum Gasteiger partial charge on any atom is 0.248 e. The summed E-state index contributed by atoms with van der Waals surface area (Å²) in [5, 5.41) is 0. The minimum Gasteiger partial charge on any atom is -0.343 e. The lowest BCUT2D eigenvalue weighted by atomic mass is 9.84. The maximum absolute atomic E-state index is 13.1. The lowest BCUT2D eigenvalue weighted by molar-refractivity contribution is -0.141. The van der Waals surface area contributed by atoms with Crippen molar-refractivity contribution in [2.75, 3.05) is 7.05 Å². The average molecular weight is 274 g/mol. The van der Waals surface area contributed by atoms with Gasteiger partial charge in [-0.2, -0.15) is 0 Å². The molecule has 3 nitrogen and oxygen atoms in total. The summed E-state index contributed by atoms with van der Waals surface area (Å²) in [5.74, 6) is -2.72. The molecule has 2 aliphatic carbocycles. The van der Waals surface area contributed by atoms with Gasteiger partial charge < -0.3 is 10.6 Å². The lowest BCUT2D eigenvalue weighted by Gasteiger charge is -2.37. The van der Waals surface area contributed by atoms with Crippen molar-refractivity contribution in [2.24, 2.45) is 11.7 Å². The molecule has 0 radical (unpaired) electrons. The van der Waals surface area contributed by atoms with Crippen LogP contribution < -0.4 is 5.73 Å². The molecule has 110 valence electrons. The van der Waals surface area contributed by atoms with Gasteiger partial charge in [0.05, 0.1) is 0 Å². The molecule has 0 aromatic heterocycles. The Morgan fingerprint density at radius 3 is 2.16 bits per heavy atom. The lowest BCUT2D eigenvalue weighted by Crippen LogP contribution is -2.45. The Balaban J connectivity index is 1.86. The Morgan fingerprint density at radius 2 is 1.63 bits per heavy atom. The molecule has 0 bridgehead atoms. The molecule has 0 heterocycles. The van der Waals surface area contributed by atoms with Gasteiger partial charge in [-0.05, 0) is 38.5 Å². The van der Waals surface area contributed by atoms with E-state index in [-0.39, 0.29) is 36.8 Å². The van der Waals surface area contributed by atoms with E-state index in [4.69, 9.17) is 5.73 Å². The fourth-order valence-corrected chi connectivity index (χ4v) is 3.24. The largest absolute Gasteiger partial charge is 0.343 e. The van der Waals surface area contributed by atoms with Crippen LogP contribution in [-0.2, 0) is 4.79 Å². The number of alkyl halides is 2. The molecular formula is C14H24F2N2O. The van der Waals surface area contributed by atoms with Gasteiger partial charge in [0, 0.05) is 37.9 Å². The monoisotopic (exact) mass is 274 g/mol. The molecule has 0 unspecified atom stereocenters. The summed E-state index contributed by atoms with van der Waals surface area (Å²) >= 11 is 0. The zero-order valence-corrected chi connectivity index (χ0v) is 11.6. The first kappa shape index (κ1) is 14.7. The van der Waals surface area contributed by atoms with Gasteiger partial charge in [0.15, 0.2) is 0 Å². The van der Waals surface area contributed by atoms with Gasteiger partial charge in [-0.25, -0.2) is 8.78 Å². The number of hydrogen-bond acceptors (Lipinski definition) is 2. The molecule has 0 aromatic carbocycles. The molecule has 0 spiro atoms. The molecular weight excluding hydrogens is 250 g/mol. The first-order valence-electron chi connectivity index (χ1n) is 7.29. The molecule has 2 saturated carbocycles. The Morgan fingerprint density at radius 1 is 1.11 bits per heavy atom. The molecule has 2 fully saturated rings. The summed E-state index contributed by atoms with van der Waals surface area (Å²) in [5.41, 5.74) is 5.86. The van der Waals surface area contributed by atoms with E-state index in [1.165, 1.54) is 0 Å². The van der Waals surface area contributed by atoms with Gasteiger partial charge in [0.25, 0.3) is 0 Å². The zero-order valence-electron chi connectivity index (χ0n) is 11.6. The summed E-state index contributed by atoms with van der Waals surface area (Å²) in [6.07, 6.45) is 4.12. The fourth-order valence-electron chi connectivity index (χ4n) is 3.24. The standard InChI is InChI=1S/C14H24F2N2O/c1-18(12-4-2-11(17)3-5-12)13(19)10-6-8-14(15,16)9-7-10/h10-12H,2-9,17H2,1H3. The van der Waals surface area contributed by atoms with Gasteiger partial charge in [-0.3, -0.25) is 4.79 Å². The van der Waals surface area contributed by atoms with Gasteiger partial charge >= 0.3 is 0 Å². The molecule has 2 rings (SSSR count). The van der Waals surface area contributed by atoms with Crippen LogP contribution in [0.5, 0.6) is 0 Å². The van der Waals surface area contributed by atoms with Crippen LogP contribution in [0.2, 0.25) is 0 Å². The van der Waals surface area contributed by atoms with Crippen molar-refractivity contribution in [1.29, 1.82) is 0 Å². The van der Waals surface area contributed by atoms with Gasteiger partial charge in [0.2, 0.25) is 11.8 Å². The highest BCUT2D eigenvalue weighted by molar-refractivity contribution is 5.79. The van der Waals surface area contributed by atoms with E-state index >= 15 is 0 Å². The van der Waals surface area contributed by atoms with Crippen molar-refractivity contribution in [3.05, 3.63) is 0 Å². The van der Waals surface area contributed by atoms with Gasteiger partial charge in [0.1, 0.15) is 0 Å². The van der Waals surface area contributed by atoms with Crippen molar-refractivity contribution < 1.29 is 13.6 Å². The van der Waals surface area contributed by atoms with Gasteiger partial charge in [-0.1, -0.05) is 0 Å². The molecule has 1 amide bonds. The number of carbonyl (C=O) groups excluding carboxylic acids is 1. The van der Waals surface area contributed by atoms with Crippen LogP contribution in [0.1, 0.15) is 51.4 Å². The first-order chi connectivity index (χ1) is 8.89. The predicted octanol–water partition coefficient (Wildman–Crippen LogP) is 2.54. The van der Waals surface area contributed by atoms with E-state index in [0.29, 0.717) is 12.8 Å².